The third-order valence-corrected chi connectivity index (χ3v) is 2.97. The van der Waals surface area contributed by atoms with Crippen LogP contribution in [0.4, 0.5) is 0 Å². The Hall–Kier alpha value is -0.200. The molecule has 156 valence electrons. The van der Waals surface area contributed by atoms with Crippen molar-refractivity contribution in [3.8, 4) is 0 Å². The van der Waals surface area contributed by atoms with Crippen LogP contribution in [0.15, 0.2) is 0 Å². The van der Waals surface area contributed by atoms with E-state index in [1.807, 2.05) is 33.0 Å². The van der Waals surface area contributed by atoms with Gasteiger partial charge in [-0.05, 0) is 47.6 Å². The highest BCUT2D eigenvalue weighted by molar-refractivity contribution is 4.36. The molecule has 0 aromatic rings. The fourth-order valence-electron chi connectivity index (χ4n) is 0.807. The summed E-state index contributed by atoms with van der Waals surface area (Å²) < 4.78 is 4.83. The van der Waals surface area contributed by atoms with E-state index < -0.39 is 0 Å². The Morgan fingerprint density at radius 1 is 0.583 bits per heavy atom. The topological polar surface area (TPSA) is 28.2 Å². The van der Waals surface area contributed by atoms with Gasteiger partial charge in [0.05, 0.1) is 0 Å². The Labute approximate surface area is 156 Å². The van der Waals surface area contributed by atoms with Crippen LogP contribution in [0.2, 0.25) is 0 Å². The molecule has 0 aromatic carbocycles. The summed E-state index contributed by atoms with van der Waals surface area (Å²) in [5.41, 5.74) is 0. The molecule has 0 saturated heterocycles. The Morgan fingerprint density at radius 2 is 0.958 bits per heavy atom. The minimum Gasteiger partial charge on any atom is -0.382 e. The second-order valence-electron chi connectivity index (χ2n) is 4.64. The van der Waals surface area contributed by atoms with Crippen molar-refractivity contribution in [2.24, 2.45) is 0 Å². The summed E-state index contributed by atoms with van der Waals surface area (Å²) in [5, 5.41) is 1.83. The molecule has 0 fully saturated rings. The quantitative estimate of drug-likeness (QED) is 0.442. The first-order valence-electron chi connectivity index (χ1n) is 8.21. The SMILES string of the molecule is C.C.C.CCN(C)CC.CCN(C)CON(C)CC.CCOCC. The van der Waals surface area contributed by atoms with Crippen LogP contribution in [0.5, 0.6) is 0 Å². The molecule has 5 nitrogen and oxygen atoms in total. The molecule has 0 N–H and O–H groups in total. The van der Waals surface area contributed by atoms with Gasteiger partial charge in [-0.25, -0.2) is 0 Å². The number of nitrogens with zero attached hydrogens (tertiary/aromatic N) is 3. The molecule has 0 aliphatic carbocycles. The normalized spacial score (nSPS) is 9.00. The zero-order valence-corrected chi connectivity index (χ0v) is 16.1. The molecule has 0 heterocycles. The summed E-state index contributed by atoms with van der Waals surface area (Å²) in [6.45, 7) is 19.1. The minimum absolute atomic E-state index is 0. The van der Waals surface area contributed by atoms with E-state index in [0.29, 0.717) is 6.73 Å². The largest absolute Gasteiger partial charge is 0.382 e. The molecule has 0 aliphatic rings. The third-order valence-electron chi connectivity index (χ3n) is 2.97. The Morgan fingerprint density at radius 3 is 1.12 bits per heavy atom. The van der Waals surface area contributed by atoms with Gasteiger partial charge >= 0.3 is 0 Å². The Balaban J connectivity index is -0.0000000509. The molecule has 24 heavy (non-hydrogen) atoms. The van der Waals surface area contributed by atoms with Crippen LogP contribution < -0.4 is 0 Å². The first kappa shape index (κ1) is 39.0. The molecule has 5 heteroatoms. The monoisotopic (exact) mass is 355 g/mol. The van der Waals surface area contributed by atoms with Gasteiger partial charge in [-0.2, -0.15) is 5.06 Å². The van der Waals surface area contributed by atoms with E-state index in [9.17, 15) is 0 Å². The van der Waals surface area contributed by atoms with Crippen molar-refractivity contribution in [1.29, 1.82) is 0 Å². The molecule has 0 amide bonds. The summed E-state index contributed by atoms with van der Waals surface area (Å²) >= 11 is 0. The number of hydroxylamine groups is 2. The highest BCUT2D eigenvalue weighted by atomic mass is 16.7. The van der Waals surface area contributed by atoms with Gasteiger partial charge in [0.15, 0.2) is 0 Å². The molecule has 0 bridgehead atoms. The van der Waals surface area contributed by atoms with Crippen molar-refractivity contribution < 1.29 is 9.57 Å². The zero-order chi connectivity index (χ0) is 17.1. The fraction of sp³-hybridized carbons (Fsp3) is 1.00. The number of ether oxygens (including phenoxy) is 1. The van der Waals surface area contributed by atoms with E-state index in [1.165, 1.54) is 0 Å². The summed E-state index contributed by atoms with van der Waals surface area (Å²) in [5.74, 6) is 0. The fourth-order valence-corrected chi connectivity index (χ4v) is 0.807. The van der Waals surface area contributed by atoms with E-state index in [2.05, 4.69) is 44.5 Å². The van der Waals surface area contributed by atoms with E-state index in [1.54, 1.807) is 0 Å². The van der Waals surface area contributed by atoms with E-state index in [0.717, 1.165) is 39.4 Å². The van der Waals surface area contributed by atoms with Crippen LogP contribution >= 0.6 is 0 Å². The highest BCUT2D eigenvalue weighted by Gasteiger charge is 1.96. The van der Waals surface area contributed by atoms with Gasteiger partial charge in [-0.15, -0.1) is 0 Å². The van der Waals surface area contributed by atoms with Gasteiger partial charge in [0.2, 0.25) is 0 Å². The average Bonchev–Trinajstić information content (AvgIpc) is 2.53. The van der Waals surface area contributed by atoms with Gasteiger partial charge in [-0.1, -0.05) is 50.0 Å². The van der Waals surface area contributed by atoms with E-state index in [-0.39, 0.29) is 22.3 Å². The highest BCUT2D eigenvalue weighted by Crippen LogP contribution is 1.86. The summed E-state index contributed by atoms with van der Waals surface area (Å²) in [4.78, 5) is 9.66. The number of rotatable bonds is 9. The van der Waals surface area contributed by atoms with Crippen LogP contribution in [0.1, 0.15) is 63.8 Å². The summed E-state index contributed by atoms with van der Waals surface area (Å²) in [6.07, 6.45) is 0. The van der Waals surface area contributed by atoms with Crippen molar-refractivity contribution in [1.82, 2.24) is 14.9 Å². The van der Waals surface area contributed by atoms with Crippen LogP contribution in [-0.2, 0) is 9.57 Å². The lowest BCUT2D eigenvalue weighted by molar-refractivity contribution is -0.168. The molecule has 0 aromatic heterocycles. The van der Waals surface area contributed by atoms with Crippen molar-refractivity contribution in [2.45, 2.75) is 63.8 Å². The predicted molar refractivity (Wildman–Crippen MR) is 114 cm³/mol. The second-order valence-corrected chi connectivity index (χ2v) is 4.64. The zero-order valence-electron chi connectivity index (χ0n) is 16.1. The molecular weight excluding hydrogens is 302 g/mol. The second kappa shape index (κ2) is 34.2. The van der Waals surface area contributed by atoms with Crippen LogP contribution in [0.3, 0.4) is 0 Å². The molecule has 0 spiro atoms. The first-order valence-corrected chi connectivity index (χ1v) is 8.21. The van der Waals surface area contributed by atoms with Crippen molar-refractivity contribution >= 4 is 0 Å². The van der Waals surface area contributed by atoms with Gasteiger partial charge < -0.3 is 9.64 Å². The molecule has 0 radical (unpaired) electrons. The maximum absolute atomic E-state index is 5.30. The standard InChI is InChI=1S/C7H18N2O.C5H13N.C4H10O.3CH4/c1-5-8(3)7-10-9(4)6-2;1-4-6(3)5-2;1-3-5-4-2;;;/h5-7H2,1-4H3;4-5H2,1-3H3;3-4H2,1-2H3;3*1H4. The molecule has 0 saturated carbocycles. The van der Waals surface area contributed by atoms with E-state index >= 15 is 0 Å². The molecule has 0 aliphatic heterocycles. The van der Waals surface area contributed by atoms with Gasteiger partial charge in [0.1, 0.15) is 6.73 Å². The third kappa shape index (κ3) is 43.1. The maximum atomic E-state index is 5.30. The lowest BCUT2D eigenvalue weighted by atomic mass is 10.6. The van der Waals surface area contributed by atoms with Crippen LogP contribution in [0.25, 0.3) is 0 Å². The van der Waals surface area contributed by atoms with Crippen molar-refractivity contribution in [3.05, 3.63) is 0 Å². The Bertz CT molecular complexity index is 157. The predicted octanol–water partition coefficient (Wildman–Crippen LogP) is 4.69. The Kier molecular flexibility index (Phi) is 55.6. The summed E-state index contributed by atoms with van der Waals surface area (Å²) in [7, 11) is 6.08. The first-order chi connectivity index (χ1) is 9.92. The summed E-state index contributed by atoms with van der Waals surface area (Å²) in [6, 6.07) is 0. The number of hydrogen-bond donors (Lipinski definition) is 0. The molecular formula is C19H53N3O2. The van der Waals surface area contributed by atoms with Crippen LogP contribution in [-0.4, -0.2) is 82.1 Å². The van der Waals surface area contributed by atoms with Crippen molar-refractivity contribution in [3.63, 3.8) is 0 Å². The van der Waals surface area contributed by atoms with Gasteiger partial charge in [0, 0.05) is 26.8 Å². The molecule has 0 unspecified atom stereocenters. The van der Waals surface area contributed by atoms with Crippen molar-refractivity contribution in [2.75, 3.05) is 67.3 Å². The lowest BCUT2D eigenvalue weighted by Gasteiger charge is -2.19. The number of hydrogen-bond acceptors (Lipinski definition) is 5. The molecule has 0 atom stereocenters. The van der Waals surface area contributed by atoms with Crippen LogP contribution in [0, 0.1) is 0 Å². The van der Waals surface area contributed by atoms with Gasteiger partial charge in [-0.3, -0.25) is 9.74 Å². The van der Waals surface area contributed by atoms with E-state index in [4.69, 9.17) is 9.57 Å². The minimum atomic E-state index is 0. The lowest BCUT2D eigenvalue weighted by Crippen LogP contribution is -2.28. The average molecular weight is 356 g/mol. The smallest absolute Gasteiger partial charge is 0.121 e. The molecule has 0 rings (SSSR count). The van der Waals surface area contributed by atoms with Gasteiger partial charge in [0.25, 0.3) is 0 Å². The maximum Gasteiger partial charge on any atom is 0.121 e.